The van der Waals surface area contributed by atoms with Crippen LogP contribution < -0.4 is 5.32 Å². The van der Waals surface area contributed by atoms with Crippen molar-refractivity contribution in [1.29, 1.82) is 0 Å². The van der Waals surface area contributed by atoms with Gasteiger partial charge in [0.15, 0.2) is 0 Å². The topological polar surface area (TPSA) is 79.0 Å². The Morgan fingerprint density at radius 3 is 2.19 bits per heavy atom. The van der Waals surface area contributed by atoms with Crippen LogP contribution in [0, 0.1) is 5.92 Å². The average molecular weight is 442 g/mol. The van der Waals surface area contributed by atoms with Crippen molar-refractivity contribution in [2.24, 2.45) is 5.92 Å². The molecule has 2 aliphatic heterocycles. The number of nitrogens with zero attached hydrogens (tertiary/aromatic N) is 2. The van der Waals surface area contributed by atoms with Crippen LogP contribution in [0.15, 0.2) is 24.3 Å². The minimum Gasteiger partial charge on any atom is -0.379 e. The molecule has 1 N–H and O–H groups in total. The SMILES string of the molecule is CC(C)CC(C(=O)NCC1(N2CCOCC2)CCCCC1)N1C(=O)c2ccccc2C1=O. The van der Waals surface area contributed by atoms with Gasteiger partial charge < -0.3 is 10.1 Å². The molecular weight excluding hydrogens is 406 g/mol. The molecule has 2 heterocycles. The quantitative estimate of drug-likeness (QED) is 0.659. The maximum Gasteiger partial charge on any atom is 0.262 e. The van der Waals surface area contributed by atoms with Crippen LogP contribution in [-0.2, 0) is 9.53 Å². The third kappa shape index (κ3) is 4.46. The van der Waals surface area contributed by atoms with Gasteiger partial charge in [0.1, 0.15) is 6.04 Å². The standard InChI is InChI=1S/C25H35N3O4/c1-18(2)16-21(28-23(30)19-8-4-5-9-20(19)24(28)31)22(29)26-17-25(10-6-3-7-11-25)27-12-14-32-15-13-27/h4-5,8-9,18,21H,3,6-7,10-17H2,1-2H3,(H,26,29). The lowest BCUT2D eigenvalue weighted by Gasteiger charge is -2.48. The van der Waals surface area contributed by atoms with Crippen molar-refractivity contribution in [3.8, 4) is 0 Å². The monoisotopic (exact) mass is 441 g/mol. The van der Waals surface area contributed by atoms with Crippen LogP contribution in [0.4, 0.5) is 0 Å². The first-order chi connectivity index (χ1) is 15.4. The van der Waals surface area contributed by atoms with Crippen LogP contribution in [-0.4, -0.2) is 72.0 Å². The molecule has 32 heavy (non-hydrogen) atoms. The first-order valence-electron chi connectivity index (χ1n) is 12.0. The number of carbonyl (C=O) groups excluding carboxylic acids is 3. The van der Waals surface area contributed by atoms with Gasteiger partial charge in [-0.1, -0.05) is 45.2 Å². The zero-order valence-electron chi connectivity index (χ0n) is 19.3. The Kier molecular flexibility index (Phi) is 6.96. The van der Waals surface area contributed by atoms with Gasteiger partial charge in [-0.25, -0.2) is 0 Å². The van der Waals surface area contributed by atoms with E-state index in [-0.39, 0.29) is 29.2 Å². The molecule has 4 rings (SSSR count). The number of fused-ring (bicyclic) bond motifs is 1. The van der Waals surface area contributed by atoms with E-state index in [0.717, 1.165) is 52.0 Å². The summed E-state index contributed by atoms with van der Waals surface area (Å²) in [7, 11) is 0. The third-order valence-electron chi connectivity index (χ3n) is 7.19. The highest BCUT2D eigenvalue weighted by Gasteiger charge is 2.44. The molecule has 3 aliphatic rings. The molecule has 0 spiro atoms. The van der Waals surface area contributed by atoms with E-state index in [1.54, 1.807) is 24.3 Å². The lowest BCUT2D eigenvalue weighted by Crippen LogP contribution is -2.61. The fraction of sp³-hybridized carbons (Fsp3) is 0.640. The summed E-state index contributed by atoms with van der Waals surface area (Å²) in [5.74, 6) is -0.803. The smallest absolute Gasteiger partial charge is 0.262 e. The van der Waals surface area contributed by atoms with E-state index in [1.165, 1.54) is 11.3 Å². The van der Waals surface area contributed by atoms with Gasteiger partial charge in [0.25, 0.3) is 11.8 Å². The van der Waals surface area contributed by atoms with Crippen LogP contribution in [0.25, 0.3) is 0 Å². The maximum atomic E-state index is 13.5. The molecule has 7 heteroatoms. The summed E-state index contributed by atoms with van der Waals surface area (Å²) in [5, 5.41) is 3.17. The Morgan fingerprint density at radius 2 is 1.62 bits per heavy atom. The van der Waals surface area contributed by atoms with Gasteiger partial charge in [-0.3, -0.25) is 24.2 Å². The Bertz CT molecular complexity index is 821. The predicted molar refractivity (Wildman–Crippen MR) is 121 cm³/mol. The van der Waals surface area contributed by atoms with E-state index in [4.69, 9.17) is 4.74 Å². The molecule has 0 aromatic heterocycles. The highest BCUT2D eigenvalue weighted by molar-refractivity contribution is 6.22. The molecule has 0 radical (unpaired) electrons. The summed E-state index contributed by atoms with van der Waals surface area (Å²) in [6, 6.07) is 6.03. The van der Waals surface area contributed by atoms with E-state index in [2.05, 4.69) is 10.2 Å². The Morgan fingerprint density at radius 1 is 1.03 bits per heavy atom. The second kappa shape index (κ2) is 9.71. The molecule has 3 amide bonds. The Labute approximate surface area is 190 Å². The highest BCUT2D eigenvalue weighted by atomic mass is 16.5. The number of morpholine rings is 1. The van der Waals surface area contributed by atoms with E-state index in [1.807, 2.05) is 13.8 Å². The largest absolute Gasteiger partial charge is 0.379 e. The lowest BCUT2D eigenvalue weighted by molar-refractivity contribution is -0.126. The molecule has 1 saturated carbocycles. The minimum absolute atomic E-state index is 0.0674. The van der Waals surface area contributed by atoms with Crippen LogP contribution in [0.1, 0.15) is 73.1 Å². The van der Waals surface area contributed by atoms with Crippen molar-refractivity contribution >= 4 is 17.7 Å². The summed E-state index contributed by atoms with van der Waals surface area (Å²) < 4.78 is 5.55. The summed E-state index contributed by atoms with van der Waals surface area (Å²) in [4.78, 5) is 43.2. The van der Waals surface area contributed by atoms with Crippen molar-refractivity contribution in [2.45, 2.75) is 64.0 Å². The summed E-state index contributed by atoms with van der Waals surface area (Å²) in [5.41, 5.74) is 0.703. The summed E-state index contributed by atoms with van der Waals surface area (Å²) in [6.07, 6.45) is 6.08. The number of carbonyl (C=O) groups is 3. The van der Waals surface area contributed by atoms with Crippen molar-refractivity contribution in [1.82, 2.24) is 15.1 Å². The molecule has 1 atom stereocenters. The first-order valence-corrected chi connectivity index (χ1v) is 12.0. The molecule has 1 aromatic rings. The number of hydrogen-bond acceptors (Lipinski definition) is 5. The molecule has 174 valence electrons. The van der Waals surface area contributed by atoms with Crippen molar-refractivity contribution in [2.75, 3.05) is 32.8 Å². The van der Waals surface area contributed by atoms with E-state index < -0.39 is 6.04 Å². The highest BCUT2D eigenvalue weighted by Crippen LogP contribution is 2.34. The minimum atomic E-state index is -0.798. The Hall–Kier alpha value is -2.25. The maximum absolute atomic E-state index is 13.5. The fourth-order valence-electron chi connectivity index (χ4n) is 5.49. The number of rotatable bonds is 7. The molecule has 1 unspecified atom stereocenters. The molecule has 2 fully saturated rings. The third-order valence-corrected chi connectivity index (χ3v) is 7.19. The van der Waals surface area contributed by atoms with Crippen molar-refractivity contribution in [3.63, 3.8) is 0 Å². The second-order valence-electron chi connectivity index (χ2n) is 9.77. The van der Waals surface area contributed by atoms with Gasteiger partial charge >= 0.3 is 0 Å². The molecular formula is C25H35N3O4. The number of ether oxygens (including phenoxy) is 1. The second-order valence-corrected chi connectivity index (χ2v) is 9.77. The summed E-state index contributed by atoms with van der Waals surface area (Å²) >= 11 is 0. The van der Waals surface area contributed by atoms with E-state index >= 15 is 0 Å². The number of nitrogens with one attached hydrogen (secondary N) is 1. The van der Waals surface area contributed by atoms with E-state index in [9.17, 15) is 14.4 Å². The van der Waals surface area contributed by atoms with Crippen LogP contribution >= 0.6 is 0 Å². The predicted octanol–water partition coefficient (Wildman–Crippen LogP) is 2.85. The van der Waals surface area contributed by atoms with Gasteiger partial charge in [0, 0.05) is 25.2 Å². The summed E-state index contributed by atoms with van der Waals surface area (Å²) in [6.45, 7) is 7.77. The molecule has 1 aromatic carbocycles. The number of hydrogen-bond donors (Lipinski definition) is 1. The molecule has 1 saturated heterocycles. The fourth-order valence-corrected chi connectivity index (χ4v) is 5.49. The Balaban J connectivity index is 1.52. The molecule has 0 bridgehead atoms. The van der Waals surface area contributed by atoms with Gasteiger partial charge in [-0.2, -0.15) is 0 Å². The van der Waals surface area contributed by atoms with Crippen molar-refractivity contribution < 1.29 is 19.1 Å². The van der Waals surface area contributed by atoms with Crippen LogP contribution in [0.2, 0.25) is 0 Å². The number of amides is 3. The van der Waals surface area contributed by atoms with Gasteiger partial charge in [0.05, 0.1) is 24.3 Å². The van der Waals surface area contributed by atoms with Crippen LogP contribution in [0.3, 0.4) is 0 Å². The van der Waals surface area contributed by atoms with Gasteiger partial charge in [-0.15, -0.1) is 0 Å². The van der Waals surface area contributed by atoms with Crippen LogP contribution in [0.5, 0.6) is 0 Å². The number of imide groups is 1. The first kappa shape index (κ1) is 22.9. The molecule has 7 nitrogen and oxygen atoms in total. The zero-order valence-corrected chi connectivity index (χ0v) is 19.3. The number of benzene rings is 1. The van der Waals surface area contributed by atoms with Crippen molar-refractivity contribution in [3.05, 3.63) is 35.4 Å². The van der Waals surface area contributed by atoms with E-state index in [0.29, 0.717) is 24.1 Å². The normalized spacial score (nSPS) is 22.2. The zero-order chi connectivity index (χ0) is 22.7. The van der Waals surface area contributed by atoms with Gasteiger partial charge in [0.2, 0.25) is 5.91 Å². The van der Waals surface area contributed by atoms with Gasteiger partial charge in [-0.05, 0) is 37.3 Å². The molecule has 1 aliphatic carbocycles. The average Bonchev–Trinajstić information content (AvgIpc) is 3.07. The lowest BCUT2D eigenvalue weighted by atomic mass is 9.79.